The summed E-state index contributed by atoms with van der Waals surface area (Å²) in [6.45, 7) is 0. The summed E-state index contributed by atoms with van der Waals surface area (Å²) < 4.78 is 10.4. The molecule has 0 heterocycles. The molecule has 23 heavy (non-hydrogen) atoms. The highest BCUT2D eigenvalue weighted by atomic mass is 32.2. The van der Waals surface area contributed by atoms with E-state index < -0.39 is 5.97 Å². The van der Waals surface area contributed by atoms with E-state index >= 15 is 0 Å². The monoisotopic (exact) mass is 332 g/mol. The number of thioether (sulfide) groups is 1. The van der Waals surface area contributed by atoms with Crippen LogP contribution in [-0.2, 0) is 0 Å². The smallest absolute Gasteiger partial charge is 0.336 e. The Morgan fingerprint density at radius 3 is 2.26 bits per heavy atom. The second-order valence-corrected chi connectivity index (χ2v) is 5.63. The van der Waals surface area contributed by atoms with Crippen LogP contribution in [0.5, 0.6) is 11.5 Å². The largest absolute Gasteiger partial charge is 0.493 e. The Morgan fingerprint density at radius 1 is 1.00 bits per heavy atom. The molecule has 0 atom stereocenters. The van der Waals surface area contributed by atoms with Gasteiger partial charge in [-0.25, -0.2) is 4.79 Å². The van der Waals surface area contributed by atoms with Gasteiger partial charge in [-0.1, -0.05) is 18.2 Å². The molecule has 0 radical (unpaired) electrons. The number of carbonyl (C=O) groups is 2. The lowest BCUT2D eigenvalue weighted by molar-refractivity contribution is 0.0692. The molecule has 2 rings (SSSR count). The number of methoxy groups -OCH3 is 2. The summed E-state index contributed by atoms with van der Waals surface area (Å²) in [6.07, 6.45) is 0. The van der Waals surface area contributed by atoms with Gasteiger partial charge in [0, 0.05) is 10.5 Å². The molecule has 120 valence electrons. The molecule has 0 spiro atoms. The summed E-state index contributed by atoms with van der Waals surface area (Å²) in [5.74, 6) is -0.0112. The van der Waals surface area contributed by atoms with Gasteiger partial charge in [0.2, 0.25) is 0 Å². The second-order valence-electron chi connectivity index (χ2n) is 4.58. The molecule has 0 fully saturated rings. The van der Waals surface area contributed by atoms with Crippen LogP contribution in [0, 0.1) is 0 Å². The van der Waals surface area contributed by atoms with Crippen LogP contribution >= 0.6 is 11.8 Å². The number of ketones is 1. The van der Waals surface area contributed by atoms with E-state index in [1.807, 2.05) is 6.07 Å². The molecule has 0 bridgehead atoms. The molecular formula is C17H16O5S. The summed E-state index contributed by atoms with van der Waals surface area (Å²) in [5.41, 5.74) is 0.235. The number of hydrogen-bond acceptors (Lipinski definition) is 5. The van der Waals surface area contributed by atoms with Crippen LogP contribution in [0.1, 0.15) is 20.7 Å². The van der Waals surface area contributed by atoms with Gasteiger partial charge >= 0.3 is 5.97 Å². The standard InChI is InChI=1S/C17H16O5S/c1-21-15-8-7-11(9-16(15)22-2)23-10-14(18)12-5-3-4-6-13(12)17(19)20/h3-9H,10H2,1-2H3,(H,19,20). The average Bonchev–Trinajstić information content (AvgIpc) is 2.59. The number of carboxylic acids is 1. The minimum Gasteiger partial charge on any atom is -0.493 e. The van der Waals surface area contributed by atoms with Crippen LogP contribution in [0.2, 0.25) is 0 Å². The third-order valence-electron chi connectivity index (χ3n) is 3.18. The van der Waals surface area contributed by atoms with Crippen LogP contribution in [0.25, 0.3) is 0 Å². The summed E-state index contributed by atoms with van der Waals surface area (Å²) in [5, 5.41) is 9.14. The van der Waals surface area contributed by atoms with Gasteiger partial charge in [0.25, 0.3) is 0 Å². The molecule has 0 saturated carbocycles. The molecule has 0 amide bonds. The Morgan fingerprint density at radius 2 is 1.65 bits per heavy atom. The molecule has 0 aromatic heterocycles. The lowest BCUT2D eigenvalue weighted by atomic mass is 10.0. The third-order valence-corrected chi connectivity index (χ3v) is 4.18. The molecular weight excluding hydrogens is 316 g/mol. The van der Waals surface area contributed by atoms with E-state index in [4.69, 9.17) is 14.6 Å². The fourth-order valence-corrected chi connectivity index (χ4v) is 2.85. The summed E-state index contributed by atoms with van der Waals surface area (Å²) >= 11 is 1.31. The van der Waals surface area contributed by atoms with E-state index in [0.29, 0.717) is 11.5 Å². The van der Waals surface area contributed by atoms with Crippen molar-refractivity contribution in [1.82, 2.24) is 0 Å². The van der Waals surface area contributed by atoms with Crippen molar-refractivity contribution in [2.45, 2.75) is 4.90 Å². The molecule has 5 nitrogen and oxygen atoms in total. The Balaban J connectivity index is 2.12. The van der Waals surface area contributed by atoms with E-state index in [0.717, 1.165) is 4.90 Å². The van der Waals surface area contributed by atoms with Crippen LogP contribution in [0.4, 0.5) is 0 Å². The first-order valence-corrected chi connectivity index (χ1v) is 7.75. The summed E-state index contributed by atoms with van der Waals surface area (Å²) in [6, 6.07) is 11.6. The van der Waals surface area contributed by atoms with Crippen LogP contribution in [0.3, 0.4) is 0 Å². The van der Waals surface area contributed by atoms with E-state index in [-0.39, 0.29) is 22.7 Å². The van der Waals surface area contributed by atoms with Gasteiger partial charge in [-0.2, -0.15) is 0 Å². The van der Waals surface area contributed by atoms with E-state index in [1.165, 1.54) is 23.9 Å². The predicted octanol–water partition coefficient (Wildman–Crippen LogP) is 3.38. The topological polar surface area (TPSA) is 72.8 Å². The highest BCUT2D eigenvalue weighted by Gasteiger charge is 2.16. The van der Waals surface area contributed by atoms with Crippen molar-refractivity contribution in [2.75, 3.05) is 20.0 Å². The Hall–Kier alpha value is -2.47. The zero-order chi connectivity index (χ0) is 16.8. The Kier molecular flexibility index (Phi) is 5.65. The van der Waals surface area contributed by atoms with Crippen molar-refractivity contribution in [3.8, 4) is 11.5 Å². The van der Waals surface area contributed by atoms with Crippen LogP contribution in [-0.4, -0.2) is 36.8 Å². The second kappa shape index (κ2) is 7.69. The number of carbonyl (C=O) groups excluding carboxylic acids is 1. The number of rotatable bonds is 7. The first-order chi connectivity index (χ1) is 11.1. The molecule has 0 saturated heterocycles. The zero-order valence-electron chi connectivity index (χ0n) is 12.7. The lowest BCUT2D eigenvalue weighted by Gasteiger charge is -2.09. The van der Waals surface area contributed by atoms with Gasteiger partial charge in [0.05, 0.1) is 25.5 Å². The molecule has 0 aliphatic carbocycles. The maximum absolute atomic E-state index is 12.3. The van der Waals surface area contributed by atoms with Gasteiger partial charge in [-0.15, -0.1) is 11.8 Å². The van der Waals surface area contributed by atoms with Gasteiger partial charge in [-0.3, -0.25) is 4.79 Å². The van der Waals surface area contributed by atoms with Gasteiger partial charge in [0.1, 0.15) is 0 Å². The number of ether oxygens (including phenoxy) is 2. The molecule has 0 unspecified atom stereocenters. The predicted molar refractivity (Wildman–Crippen MR) is 88.0 cm³/mol. The number of aromatic carboxylic acids is 1. The van der Waals surface area contributed by atoms with Crippen LogP contribution in [0.15, 0.2) is 47.4 Å². The van der Waals surface area contributed by atoms with Gasteiger partial charge < -0.3 is 14.6 Å². The quantitative estimate of drug-likeness (QED) is 0.619. The highest BCUT2D eigenvalue weighted by Crippen LogP contribution is 2.32. The average molecular weight is 332 g/mol. The summed E-state index contributed by atoms with van der Waals surface area (Å²) in [4.78, 5) is 24.3. The summed E-state index contributed by atoms with van der Waals surface area (Å²) in [7, 11) is 3.09. The van der Waals surface area contributed by atoms with Crippen molar-refractivity contribution in [3.63, 3.8) is 0 Å². The van der Waals surface area contributed by atoms with Gasteiger partial charge in [-0.05, 0) is 24.3 Å². The number of benzene rings is 2. The third kappa shape index (κ3) is 4.04. The SMILES string of the molecule is COc1ccc(SCC(=O)c2ccccc2C(=O)O)cc1OC. The minimum atomic E-state index is -1.11. The van der Waals surface area contributed by atoms with E-state index in [1.54, 1.807) is 38.5 Å². The van der Waals surface area contributed by atoms with Crippen molar-refractivity contribution in [2.24, 2.45) is 0 Å². The number of carboxylic acid groups (broad SMARTS) is 1. The molecule has 6 heteroatoms. The van der Waals surface area contributed by atoms with Gasteiger partial charge in [0.15, 0.2) is 17.3 Å². The lowest BCUT2D eigenvalue weighted by Crippen LogP contribution is -2.10. The van der Waals surface area contributed by atoms with Crippen molar-refractivity contribution in [1.29, 1.82) is 0 Å². The van der Waals surface area contributed by atoms with Crippen LogP contribution < -0.4 is 9.47 Å². The maximum Gasteiger partial charge on any atom is 0.336 e. The Labute approximate surface area is 138 Å². The maximum atomic E-state index is 12.3. The number of hydrogen-bond donors (Lipinski definition) is 1. The Bertz CT molecular complexity index is 727. The van der Waals surface area contributed by atoms with Crippen molar-refractivity contribution < 1.29 is 24.2 Å². The normalized spacial score (nSPS) is 10.2. The molecule has 2 aromatic carbocycles. The first-order valence-electron chi connectivity index (χ1n) is 6.77. The molecule has 0 aliphatic heterocycles. The fourth-order valence-electron chi connectivity index (χ4n) is 2.05. The molecule has 1 N–H and O–H groups in total. The highest BCUT2D eigenvalue weighted by molar-refractivity contribution is 8.00. The zero-order valence-corrected chi connectivity index (χ0v) is 13.6. The van der Waals surface area contributed by atoms with E-state index in [2.05, 4.69) is 0 Å². The number of Topliss-reactive ketones (excluding diaryl/α,β-unsaturated/α-hetero) is 1. The first kappa shape index (κ1) is 16.9. The van der Waals surface area contributed by atoms with Crippen molar-refractivity contribution in [3.05, 3.63) is 53.6 Å². The van der Waals surface area contributed by atoms with Crippen molar-refractivity contribution >= 4 is 23.5 Å². The van der Waals surface area contributed by atoms with E-state index in [9.17, 15) is 9.59 Å². The molecule has 0 aliphatic rings. The fraction of sp³-hybridized carbons (Fsp3) is 0.176. The molecule has 2 aromatic rings. The minimum absolute atomic E-state index is 0.0189.